The Bertz CT molecular complexity index is 855. The summed E-state index contributed by atoms with van der Waals surface area (Å²) in [7, 11) is 0. The van der Waals surface area contributed by atoms with Crippen molar-refractivity contribution in [3.05, 3.63) is 60.2 Å². The van der Waals surface area contributed by atoms with E-state index in [2.05, 4.69) is 5.32 Å². The number of hydrogen-bond donors (Lipinski definition) is 1. The molecule has 0 saturated carbocycles. The molecule has 146 valence electrons. The Morgan fingerprint density at radius 1 is 1.07 bits per heavy atom. The molecule has 0 aliphatic carbocycles. The Kier molecular flexibility index (Phi) is 6.36. The van der Waals surface area contributed by atoms with E-state index in [1.54, 1.807) is 30.8 Å². The van der Waals surface area contributed by atoms with E-state index in [4.69, 9.17) is 0 Å². The zero-order valence-corrected chi connectivity index (χ0v) is 16.7. The van der Waals surface area contributed by atoms with E-state index in [1.165, 1.54) is 4.90 Å². The van der Waals surface area contributed by atoms with E-state index >= 15 is 0 Å². The molecule has 0 spiro atoms. The molecule has 1 atom stereocenters. The molecule has 7 heteroatoms. The highest BCUT2D eigenvalue weighted by Gasteiger charge is 2.43. The second-order valence-electron chi connectivity index (χ2n) is 6.60. The maximum absolute atomic E-state index is 12.7. The van der Waals surface area contributed by atoms with Gasteiger partial charge in [-0.25, -0.2) is 4.79 Å². The van der Waals surface area contributed by atoms with Crippen LogP contribution in [0, 0.1) is 6.92 Å². The average Bonchev–Trinajstić information content (AvgIpc) is 2.90. The van der Waals surface area contributed by atoms with Crippen LogP contribution in [0.15, 0.2) is 59.5 Å². The van der Waals surface area contributed by atoms with Gasteiger partial charge in [0, 0.05) is 22.9 Å². The van der Waals surface area contributed by atoms with Gasteiger partial charge < -0.3 is 5.32 Å². The number of urea groups is 1. The lowest BCUT2D eigenvalue weighted by molar-refractivity contribution is -0.131. The van der Waals surface area contributed by atoms with E-state index in [-0.39, 0.29) is 18.4 Å². The third-order valence-corrected chi connectivity index (χ3v) is 5.51. The number of imide groups is 1. The van der Waals surface area contributed by atoms with Crippen LogP contribution in [-0.2, 0) is 9.59 Å². The summed E-state index contributed by atoms with van der Waals surface area (Å²) in [4.78, 5) is 41.0. The number of benzene rings is 2. The monoisotopic (exact) mass is 397 g/mol. The van der Waals surface area contributed by atoms with Gasteiger partial charge in [0.1, 0.15) is 12.6 Å². The molecule has 0 radical (unpaired) electrons. The molecule has 1 fully saturated rings. The Labute approximate surface area is 168 Å². The number of nitrogens with zero attached hydrogens (tertiary/aromatic N) is 2. The fourth-order valence-corrected chi connectivity index (χ4v) is 3.78. The molecule has 0 unspecified atom stereocenters. The highest BCUT2D eigenvalue weighted by atomic mass is 32.2. The van der Waals surface area contributed by atoms with Crippen LogP contribution < -0.4 is 10.2 Å². The van der Waals surface area contributed by atoms with Crippen molar-refractivity contribution in [2.24, 2.45) is 0 Å². The van der Waals surface area contributed by atoms with Crippen LogP contribution in [0.3, 0.4) is 0 Å². The first-order valence-electron chi connectivity index (χ1n) is 9.13. The van der Waals surface area contributed by atoms with Crippen molar-refractivity contribution in [2.45, 2.75) is 24.8 Å². The van der Waals surface area contributed by atoms with Gasteiger partial charge in [-0.1, -0.05) is 35.9 Å². The van der Waals surface area contributed by atoms with Crippen LogP contribution in [0.5, 0.6) is 0 Å². The maximum Gasteiger partial charge on any atom is 0.332 e. The second kappa shape index (κ2) is 8.93. The molecule has 1 aliphatic heterocycles. The standard InChI is InChI=1S/C21H23N3O3S/c1-15-8-10-17(11-9-15)24-16(2)20(26)23(21(24)27)14-19(25)22-12-13-28-18-6-4-3-5-7-18/h3-11,16H,12-14H2,1-2H3,(H,22,25)/t16-/m0/s1. The first kappa shape index (κ1) is 19.9. The van der Waals surface area contributed by atoms with Crippen molar-refractivity contribution in [3.8, 4) is 0 Å². The predicted molar refractivity (Wildman–Crippen MR) is 110 cm³/mol. The van der Waals surface area contributed by atoms with Crippen LogP contribution in [-0.4, -0.2) is 47.6 Å². The number of carbonyl (C=O) groups is 3. The molecule has 1 heterocycles. The van der Waals surface area contributed by atoms with Crippen molar-refractivity contribution in [1.82, 2.24) is 10.2 Å². The fourth-order valence-electron chi connectivity index (χ4n) is 2.99. The molecule has 3 rings (SSSR count). The minimum atomic E-state index is -0.628. The van der Waals surface area contributed by atoms with Crippen molar-refractivity contribution in [2.75, 3.05) is 23.7 Å². The molecule has 4 amide bonds. The topological polar surface area (TPSA) is 69.7 Å². The van der Waals surface area contributed by atoms with Crippen molar-refractivity contribution in [1.29, 1.82) is 0 Å². The molecule has 1 aliphatic rings. The summed E-state index contributed by atoms with van der Waals surface area (Å²) in [6.45, 7) is 3.83. The first-order chi connectivity index (χ1) is 13.5. The quantitative estimate of drug-likeness (QED) is 0.443. The average molecular weight is 398 g/mol. The molecule has 1 N–H and O–H groups in total. The summed E-state index contributed by atoms with van der Waals surface area (Å²) in [5.74, 6) is 0.0106. The Morgan fingerprint density at radius 3 is 2.43 bits per heavy atom. The van der Waals surface area contributed by atoms with Crippen LogP contribution in [0.4, 0.5) is 10.5 Å². The Hall–Kier alpha value is -2.80. The fraction of sp³-hybridized carbons (Fsp3) is 0.286. The maximum atomic E-state index is 12.7. The summed E-state index contributed by atoms with van der Waals surface area (Å²) in [5.41, 5.74) is 1.72. The summed E-state index contributed by atoms with van der Waals surface area (Å²) in [6, 6.07) is 16.2. The molecule has 2 aromatic carbocycles. The van der Waals surface area contributed by atoms with E-state index in [9.17, 15) is 14.4 Å². The molecule has 1 saturated heterocycles. The largest absolute Gasteiger partial charge is 0.354 e. The van der Waals surface area contributed by atoms with Crippen molar-refractivity contribution in [3.63, 3.8) is 0 Å². The molecule has 28 heavy (non-hydrogen) atoms. The zero-order valence-electron chi connectivity index (χ0n) is 15.9. The lowest BCUT2D eigenvalue weighted by Crippen LogP contribution is -2.42. The highest BCUT2D eigenvalue weighted by Crippen LogP contribution is 2.25. The van der Waals surface area contributed by atoms with E-state index in [0.29, 0.717) is 18.0 Å². The Morgan fingerprint density at radius 2 is 1.75 bits per heavy atom. The SMILES string of the molecule is Cc1ccc(N2C(=O)N(CC(=O)NCCSc3ccccc3)C(=O)[C@@H]2C)cc1. The van der Waals surface area contributed by atoms with Gasteiger partial charge in [-0.2, -0.15) is 0 Å². The van der Waals surface area contributed by atoms with Gasteiger partial charge >= 0.3 is 6.03 Å². The summed E-state index contributed by atoms with van der Waals surface area (Å²) < 4.78 is 0. The van der Waals surface area contributed by atoms with Crippen molar-refractivity contribution < 1.29 is 14.4 Å². The molecule has 0 aromatic heterocycles. The number of anilines is 1. The third kappa shape index (κ3) is 4.54. The van der Waals surface area contributed by atoms with Gasteiger partial charge in [0.05, 0.1) is 0 Å². The smallest absolute Gasteiger partial charge is 0.332 e. The number of aryl methyl sites for hydroxylation is 1. The number of carbonyl (C=O) groups excluding carboxylic acids is 3. The summed E-state index contributed by atoms with van der Waals surface area (Å²) in [5, 5.41) is 2.77. The van der Waals surface area contributed by atoms with Crippen LogP contribution in [0.2, 0.25) is 0 Å². The molecular formula is C21H23N3O3S. The second-order valence-corrected chi connectivity index (χ2v) is 7.77. The molecular weight excluding hydrogens is 374 g/mol. The number of thioether (sulfide) groups is 1. The number of rotatable bonds is 7. The Balaban J connectivity index is 1.53. The number of nitrogens with one attached hydrogen (secondary N) is 1. The first-order valence-corrected chi connectivity index (χ1v) is 10.1. The van der Waals surface area contributed by atoms with Gasteiger partial charge in [0.15, 0.2) is 0 Å². The van der Waals surface area contributed by atoms with Crippen LogP contribution in [0.1, 0.15) is 12.5 Å². The zero-order chi connectivity index (χ0) is 20.1. The number of amides is 4. The predicted octanol–water partition coefficient (Wildman–Crippen LogP) is 3.06. The van der Waals surface area contributed by atoms with Crippen LogP contribution >= 0.6 is 11.8 Å². The van der Waals surface area contributed by atoms with E-state index in [0.717, 1.165) is 15.4 Å². The third-order valence-electron chi connectivity index (χ3n) is 4.50. The molecule has 2 aromatic rings. The lowest BCUT2D eigenvalue weighted by atomic mass is 10.2. The molecule has 0 bridgehead atoms. The lowest BCUT2D eigenvalue weighted by Gasteiger charge is -2.19. The minimum Gasteiger partial charge on any atom is -0.354 e. The van der Waals surface area contributed by atoms with Gasteiger partial charge in [0.25, 0.3) is 5.91 Å². The normalized spacial score (nSPS) is 16.6. The minimum absolute atomic E-state index is 0.264. The van der Waals surface area contributed by atoms with Crippen molar-refractivity contribution >= 4 is 35.3 Å². The number of hydrogen-bond acceptors (Lipinski definition) is 4. The van der Waals surface area contributed by atoms with Gasteiger partial charge in [-0.15, -0.1) is 11.8 Å². The van der Waals surface area contributed by atoms with E-state index in [1.807, 2.05) is 49.4 Å². The van der Waals surface area contributed by atoms with E-state index < -0.39 is 12.1 Å². The highest BCUT2D eigenvalue weighted by molar-refractivity contribution is 7.99. The van der Waals surface area contributed by atoms with Crippen LogP contribution in [0.25, 0.3) is 0 Å². The van der Waals surface area contributed by atoms with Gasteiger partial charge in [-0.05, 0) is 38.1 Å². The summed E-state index contributed by atoms with van der Waals surface area (Å²) in [6.07, 6.45) is 0. The molecule has 6 nitrogen and oxygen atoms in total. The van der Waals surface area contributed by atoms with Gasteiger partial charge in [0.2, 0.25) is 5.91 Å². The summed E-state index contributed by atoms with van der Waals surface area (Å²) >= 11 is 1.63. The van der Waals surface area contributed by atoms with Gasteiger partial charge in [-0.3, -0.25) is 19.4 Å².